The van der Waals surface area contributed by atoms with E-state index in [0.29, 0.717) is 12.2 Å². The molecule has 0 fully saturated rings. The van der Waals surface area contributed by atoms with Gasteiger partial charge in [0.05, 0.1) is 12.2 Å². The van der Waals surface area contributed by atoms with Gasteiger partial charge in [-0.2, -0.15) is 4.89 Å². The molecule has 0 aliphatic heterocycles. The molecule has 0 atom stereocenters. The lowest BCUT2D eigenvalue weighted by molar-refractivity contribution is -0.240. The van der Waals surface area contributed by atoms with E-state index >= 15 is 0 Å². The van der Waals surface area contributed by atoms with Gasteiger partial charge in [-0.1, -0.05) is 19.1 Å². The van der Waals surface area contributed by atoms with E-state index in [1.165, 1.54) is 0 Å². The Labute approximate surface area is 89.9 Å². The smallest absolute Gasteiger partial charge is 0.293 e. The van der Waals surface area contributed by atoms with Crippen LogP contribution in [0.25, 0.3) is 0 Å². The third-order valence-electron chi connectivity index (χ3n) is 2.25. The van der Waals surface area contributed by atoms with E-state index in [0.717, 1.165) is 17.5 Å². The standard InChI is InChI=1S/C12H16O3/c1-4-8-14-15-12(13)11-7-5-6-9(2)10(11)3/h5-7H,4,8H2,1-3H3. The lowest BCUT2D eigenvalue weighted by Crippen LogP contribution is -2.08. The number of benzene rings is 1. The van der Waals surface area contributed by atoms with Crippen molar-refractivity contribution in [2.45, 2.75) is 27.2 Å². The molecule has 0 radical (unpaired) electrons. The van der Waals surface area contributed by atoms with Crippen LogP contribution < -0.4 is 0 Å². The molecule has 1 aromatic rings. The Kier molecular flexibility index (Phi) is 4.31. The molecule has 0 N–H and O–H groups in total. The number of carbonyl (C=O) groups excluding carboxylic acids is 1. The first-order valence-electron chi connectivity index (χ1n) is 5.06. The first-order valence-corrected chi connectivity index (χ1v) is 5.06. The van der Waals surface area contributed by atoms with Crippen molar-refractivity contribution < 1.29 is 14.6 Å². The van der Waals surface area contributed by atoms with Gasteiger partial charge in [-0.3, -0.25) is 4.89 Å². The molecular weight excluding hydrogens is 192 g/mol. The van der Waals surface area contributed by atoms with Gasteiger partial charge in [-0.25, -0.2) is 4.79 Å². The second-order valence-corrected chi connectivity index (χ2v) is 3.44. The van der Waals surface area contributed by atoms with Crippen LogP contribution in [0.1, 0.15) is 34.8 Å². The average molecular weight is 208 g/mol. The van der Waals surface area contributed by atoms with Gasteiger partial charge >= 0.3 is 5.97 Å². The van der Waals surface area contributed by atoms with Crippen LogP contribution in [0.2, 0.25) is 0 Å². The maximum Gasteiger partial charge on any atom is 0.373 e. The molecular formula is C12H16O3. The maximum absolute atomic E-state index is 11.5. The predicted octanol–water partition coefficient (Wildman–Crippen LogP) is 2.80. The fourth-order valence-electron chi connectivity index (χ4n) is 1.20. The normalized spacial score (nSPS) is 10.1. The average Bonchev–Trinajstić information content (AvgIpc) is 2.22. The third-order valence-corrected chi connectivity index (χ3v) is 2.25. The minimum absolute atomic E-state index is 0.426. The van der Waals surface area contributed by atoms with Gasteiger partial charge in [0, 0.05) is 0 Å². The van der Waals surface area contributed by atoms with Gasteiger partial charge in [-0.05, 0) is 37.5 Å². The topological polar surface area (TPSA) is 35.5 Å². The molecule has 0 amide bonds. The summed E-state index contributed by atoms with van der Waals surface area (Å²) in [5, 5.41) is 0. The highest BCUT2D eigenvalue weighted by Gasteiger charge is 2.12. The van der Waals surface area contributed by atoms with Gasteiger partial charge < -0.3 is 0 Å². The van der Waals surface area contributed by atoms with Crippen molar-refractivity contribution in [1.82, 2.24) is 0 Å². The first-order chi connectivity index (χ1) is 7.16. The van der Waals surface area contributed by atoms with Crippen molar-refractivity contribution in [3.63, 3.8) is 0 Å². The highest BCUT2D eigenvalue weighted by atomic mass is 17.2. The van der Waals surface area contributed by atoms with E-state index in [2.05, 4.69) is 4.89 Å². The van der Waals surface area contributed by atoms with Gasteiger partial charge in [0.1, 0.15) is 0 Å². The summed E-state index contributed by atoms with van der Waals surface area (Å²) in [6.45, 7) is 6.23. The molecule has 3 nitrogen and oxygen atoms in total. The van der Waals surface area contributed by atoms with Crippen molar-refractivity contribution >= 4 is 5.97 Å². The molecule has 0 spiro atoms. The first kappa shape index (κ1) is 11.7. The molecule has 0 saturated carbocycles. The summed E-state index contributed by atoms with van der Waals surface area (Å²) in [6, 6.07) is 5.53. The molecule has 0 aromatic heterocycles. The SMILES string of the molecule is CCCOOC(=O)c1cccc(C)c1C. The summed E-state index contributed by atoms with van der Waals surface area (Å²) < 4.78 is 0. The Morgan fingerprint density at radius 3 is 2.73 bits per heavy atom. The lowest BCUT2D eigenvalue weighted by Gasteiger charge is -2.06. The summed E-state index contributed by atoms with van der Waals surface area (Å²) >= 11 is 0. The molecule has 1 rings (SSSR count). The van der Waals surface area contributed by atoms with Crippen LogP contribution in [0.5, 0.6) is 0 Å². The van der Waals surface area contributed by atoms with Crippen molar-refractivity contribution in [1.29, 1.82) is 0 Å². The second kappa shape index (κ2) is 5.51. The van der Waals surface area contributed by atoms with E-state index in [4.69, 9.17) is 4.89 Å². The van der Waals surface area contributed by atoms with Crippen LogP contribution in [0.15, 0.2) is 18.2 Å². The van der Waals surface area contributed by atoms with Crippen LogP contribution in [0.4, 0.5) is 0 Å². The second-order valence-electron chi connectivity index (χ2n) is 3.44. The number of carbonyl (C=O) groups is 1. The molecule has 3 heteroatoms. The Bertz CT molecular complexity index is 345. The fourth-order valence-corrected chi connectivity index (χ4v) is 1.20. The summed E-state index contributed by atoms with van der Waals surface area (Å²) in [4.78, 5) is 21.0. The minimum Gasteiger partial charge on any atom is -0.293 e. The van der Waals surface area contributed by atoms with Crippen molar-refractivity contribution in [3.8, 4) is 0 Å². The predicted molar refractivity (Wildman–Crippen MR) is 57.6 cm³/mol. The van der Waals surface area contributed by atoms with E-state index < -0.39 is 5.97 Å². The number of rotatable bonds is 4. The molecule has 0 heterocycles. The Morgan fingerprint density at radius 1 is 1.33 bits per heavy atom. The Morgan fingerprint density at radius 2 is 2.07 bits per heavy atom. The van der Waals surface area contributed by atoms with Crippen molar-refractivity contribution in [2.75, 3.05) is 6.61 Å². The summed E-state index contributed by atoms with van der Waals surface area (Å²) in [5.41, 5.74) is 2.56. The molecule has 0 unspecified atom stereocenters. The van der Waals surface area contributed by atoms with E-state index in [1.807, 2.05) is 32.9 Å². The minimum atomic E-state index is -0.426. The van der Waals surface area contributed by atoms with E-state index in [-0.39, 0.29) is 0 Å². The number of hydrogen-bond acceptors (Lipinski definition) is 3. The zero-order valence-corrected chi connectivity index (χ0v) is 9.37. The molecule has 0 saturated heterocycles. The molecule has 1 aromatic carbocycles. The van der Waals surface area contributed by atoms with Crippen LogP contribution in [0.3, 0.4) is 0 Å². The van der Waals surface area contributed by atoms with Crippen LogP contribution in [-0.2, 0) is 9.78 Å². The monoisotopic (exact) mass is 208 g/mol. The van der Waals surface area contributed by atoms with Gasteiger partial charge in [0.15, 0.2) is 0 Å². The van der Waals surface area contributed by atoms with Crippen LogP contribution >= 0.6 is 0 Å². The number of hydrogen-bond donors (Lipinski definition) is 0. The van der Waals surface area contributed by atoms with Gasteiger partial charge in [0.25, 0.3) is 0 Å². The molecule has 0 aliphatic carbocycles. The zero-order chi connectivity index (χ0) is 11.3. The molecule has 15 heavy (non-hydrogen) atoms. The summed E-state index contributed by atoms with van der Waals surface area (Å²) in [5.74, 6) is -0.426. The molecule has 0 aliphatic rings. The third kappa shape index (κ3) is 3.06. The van der Waals surface area contributed by atoms with Crippen molar-refractivity contribution in [2.24, 2.45) is 0 Å². The summed E-state index contributed by atoms with van der Waals surface area (Å²) in [6.07, 6.45) is 0.820. The van der Waals surface area contributed by atoms with E-state index in [1.54, 1.807) is 6.07 Å². The van der Waals surface area contributed by atoms with E-state index in [9.17, 15) is 4.79 Å². The lowest BCUT2D eigenvalue weighted by atomic mass is 10.0. The summed E-state index contributed by atoms with van der Waals surface area (Å²) in [7, 11) is 0. The van der Waals surface area contributed by atoms with Gasteiger partial charge in [-0.15, -0.1) is 0 Å². The maximum atomic E-state index is 11.5. The van der Waals surface area contributed by atoms with Crippen LogP contribution in [-0.4, -0.2) is 12.6 Å². The number of aryl methyl sites for hydroxylation is 1. The highest BCUT2D eigenvalue weighted by molar-refractivity contribution is 5.90. The molecule has 82 valence electrons. The van der Waals surface area contributed by atoms with Crippen molar-refractivity contribution in [3.05, 3.63) is 34.9 Å². The zero-order valence-electron chi connectivity index (χ0n) is 9.37. The van der Waals surface area contributed by atoms with Gasteiger partial charge in [0.2, 0.25) is 0 Å². The Balaban J connectivity index is 2.69. The van der Waals surface area contributed by atoms with Crippen LogP contribution in [0, 0.1) is 13.8 Å². The molecule has 0 bridgehead atoms. The largest absolute Gasteiger partial charge is 0.373 e. The quantitative estimate of drug-likeness (QED) is 0.433. The Hall–Kier alpha value is -1.35. The fraction of sp³-hybridized carbons (Fsp3) is 0.417. The highest BCUT2D eigenvalue weighted by Crippen LogP contribution is 2.13.